The molecule has 6 heteroatoms. The summed E-state index contributed by atoms with van der Waals surface area (Å²) in [6.07, 6.45) is 1.12. The van der Waals surface area contributed by atoms with Crippen LogP contribution in [-0.4, -0.2) is 27.2 Å². The van der Waals surface area contributed by atoms with Crippen LogP contribution in [0.15, 0.2) is 47.4 Å². The van der Waals surface area contributed by atoms with Crippen molar-refractivity contribution < 1.29 is 17.9 Å². The van der Waals surface area contributed by atoms with E-state index in [0.717, 1.165) is 6.26 Å². The summed E-state index contributed by atoms with van der Waals surface area (Å²) in [5.74, 6) is 0.300. The summed E-state index contributed by atoms with van der Waals surface area (Å²) < 4.78 is 28.7. The maximum Gasteiger partial charge on any atom is 0.255 e. The number of hydrogen-bond acceptors (Lipinski definition) is 4. The quantitative estimate of drug-likeness (QED) is 0.913. The van der Waals surface area contributed by atoms with Gasteiger partial charge in [0, 0.05) is 23.6 Å². The zero-order valence-electron chi connectivity index (χ0n) is 13.3. The van der Waals surface area contributed by atoms with E-state index < -0.39 is 9.84 Å². The SMILES string of the molecule is CCOc1cccc(NC(=O)c2cc(S(C)(=O)=O)ccc2C)c1. The van der Waals surface area contributed by atoms with E-state index in [1.807, 2.05) is 6.92 Å². The van der Waals surface area contributed by atoms with Gasteiger partial charge in [-0.25, -0.2) is 8.42 Å². The zero-order chi connectivity index (χ0) is 17.0. The number of hydrogen-bond donors (Lipinski definition) is 1. The van der Waals surface area contributed by atoms with E-state index >= 15 is 0 Å². The molecule has 1 amide bonds. The fourth-order valence-corrected chi connectivity index (χ4v) is 2.75. The van der Waals surface area contributed by atoms with Crippen LogP contribution in [0, 0.1) is 6.92 Å². The molecule has 1 N–H and O–H groups in total. The van der Waals surface area contributed by atoms with E-state index in [1.165, 1.54) is 12.1 Å². The van der Waals surface area contributed by atoms with Gasteiger partial charge < -0.3 is 10.1 Å². The van der Waals surface area contributed by atoms with Crippen molar-refractivity contribution in [3.05, 3.63) is 53.6 Å². The van der Waals surface area contributed by atoms with E-state index in [1.54, 1.807) is 37.3 Å². The van der Waals surface area contributed by atoms with Crippen LogP contribution in [0.25, 0.3) is 0 Å². The monoisotopic (exact) mass is 333 g/mol. The zero-order valence-corrected chi connectivity index (χ0v) is 14.1. The van der Waals surface area contributed by atoms with Crippen LogP contribution in [0.4, 0.5) is 5.69 Å². The summed E-state index contributed by atoms with van der Waals surface area (Å²) in [6.45, 7) is 4.18. The van der Waals surface area contributed by atoms with Gasteiger partial charge in [0.2, 0.25) is 0 Å². The average Bonchev–Trinajstić information content (AvgIpc) is 2.47. The van der Waals surface area contributed by atoms with E-state index in [9.17, 15) is 13.2 Å². The Morgan fingerprint density at radius 3 is 2.57 bits per heavy atom. The lowest BCUT2D eigenvalue weighted by Crippen LogP contribution is -2.14. The largest absolute Gasteiger partial charge is 0.494 e. The molecule has 0 aromatic heterocycles. The predicted molar refractivity (Wildman–Crippen MR) is 89.9 cm³/mol. The normalized spacial score (nSPS) is 11.1. The number of anilines is 1. The first-order valence-electron chi connectivity index (χ1n) is 7.16. The number of ether oxygens (including phenoxy) is 1. The van der Waals surface area contributed by atoms with Gasteiger partial charge in [0.05, 0.1) is 11.5 Å². The minimum atomic E-state index is -3.36. The van der Waals surface area contributed by atoms with Crippen LogP contribution in [0.1, 0.15) is 22.8 Å². The van der Waals surface area contributed by atoms with Crippen LogP contribution in [-0.2, 0) is 9.84 Å². The Labute approximate surface area is 136 Å². The Balaban J connectivity index is 2.29. The maximum absolute atomic E-state index is 12.4. The van der Waals surface area contributed by atoms with Crippen molar-refractivity contribution in [2.75, 3.05) is 18.2 Å². The van der Waals surface area contributed by atoms with Gasteiger partial charge in [-0.15, -0.1) is 0 Å². The summed E-state index contributed by atoms with van der Waals surface area (Å²) in [5, 5.41) is 2.76. The lowest BCUT2D eigenvalue weighted by atomic mass is 10.1. The minimum Gasteiger partial charge on any atom is -0.494 e. The molecule has 2 aromatic rings. The highest BCUT2D eigenvalue weighted by Gasteiger charge is 2.14. The topological polar surface area (TPSA) is 72.5 Å². The van der Waals surface area contributed by atoms with E-state index in [0.29, 0.717) is 29.2 Å². The van der Waals surface area contributed by atoms with Crippen molar-refractivity contribution in [1.82, 2.24) is 0 Å². The maximum atomic E-state index is 12.4. The first-order valence-corrected chi connectivity index (χ1v) is 9.05. The average molecular weight is 333 g/mol. The van der Waals surface area contributed by atoms with Crippen molar-refractivity contribution in [3.63, 3.8) is 0 Å². The second-order valence-corrected chi connectivity index (χ2v) is 7.18. The molecular weight excluding hydrogens is 314 g/mol. The van der Waals surface area contributed by atoms with Gasteiger partial charge in [0.15, 0.2) is 9.84 Å². The molecule has 0 spiro atoms. The second kappa shape index (κ2) is 6.83. The highest BCUT2D eigenvalue weighted by molar-refractivity contribution is 7.90. The van der Waals surface area contributed by atoms with Crippen molar-refractivity contribution in [3.8, 4) is 5.75 Å². The molecule has 0 aliphatic carbocycles. The van der Waals surface area contributed by atoms with E-state index in [4.69, 9.17) is 4.74 Å². The smallest absolute Gasteiger partial charge is 0.255 e. The molecule has 0 saturated carbocycles. The van der Waals surface area contributed by atoms with Crippen LogP contribution in [0.5, 0.6) is 5.75 Å². The Hall–Kier alpha value is -2.34. The lowest BCUT2D eigenvalue weighted by Gasteiger charge is -2.10. The first-order chi connectivity index (χ1) is 10.8. The second-order valence-electron chi connectivity index (χ2n) is 5.16. The lowest BCUT2D eigenvalue weighted by molar-refractivity contribution is 0.102. The minimum absolute atomic E-state index is 0.122. The molecule has 2 aromatic carbocycles. The van der Waals surface area contributed by atoms with Crippen molar-refractivity contribution in [2.24, 2.45) is 0 Å². The fraction of sp³-hybridized carbons (Fsp3) is 0.235. The van der Waals surface area contributed by atoms with Crippen molar-refractivity contribution >= 4 is 21.4 Å². The number of benzene rings is 2. The number of aryl methyl sites for hydroxylation is 1. The molecule has 0 aliphatic rings. The molecule has 122 valence electrons. The summed E-state index contributed by atoms with van der Waals surface area (Å²) in [5.41, 5.74) is 1.62. The fourth-order valence-electron chi connectivity index (χ4n) is 2.11. The molecule has 0 unspecified atom stereocenters. The van der Waals surface area contributed by atoms with Crippen LogP contribution in [0.3, 0.4) is 0 Å². The Bertz CT molecular complexity index is 828. The summed E-state index contributed by atoms with van der Waals surface area (Å²) >= 11 is 0. The predicted octanol–water partition coefficient (Wildman–Crippen LogP) is 3.05. The molecule has 23 heavy (non-hydrogen) atoms. The molecule has 0 aliphatic heterocycles. The Morgan fingerprint density at radius 1 is 1.17 bits per heavy atom. The molecule has 0 heterocycles. The van der Waals surface area contributed by atoms with Crippen LogP contribution in [0.2, 0.25) is 0 Å². The Kier molecular flexibility index (Phi) is 5.05. The van der Waals surface area contributed by atoms with Gasteiger partial charge in [-0.2, -0.15) is 0 Å². The molecule has 0 fully saturated rings. The van der Waals surface area contributed by atoms with Crippen LogP contribution < -0.4 is 10.1 Å². The van der Waals surface area contributed by atoms with Crippen molar-refractivity contribution in [2.45, 2.75) is 18.7 Å². The van der Waals surface area contributed by atoms with Gasteiger partial charge in [0.1, 0.15) is 5.75 Å². The molecule has 5 nitrogen and oxygen atoms in total. The number of carbonyl (C=O) groups excluding carboxylic acids is 1. The number of nitrogens with one attached hydrogen (secondary N) is 1. The standard InChI is InChI=1S/C17H19NO4S/c1-4-22-14-7-5-6-13(10-14)18-17(19)16-11-15(23(3,20)21)9-8-12(16)2/h5-11H,4H2,1-3H3,(H,18,19). The molecule has 2 rings (SSSR count). The molecule has 0 saturated heterocycles. The van der Waals surface area contributed by atoms with Crippen molar-refractivity contribution in [1.29, 1.82) is 0 Å². The molecule has 0 bridgehead atoms. The van der Waals surface area contributed by atoms with Crippen LogP contribution >= 0.6 is 0 Å². The Morgan fingerprint density at radius 2 is 1.91 bits per heavy atom. The summed E-state index contributed by atoms with van der Waals surface area (Å²) in [6, 6.07) is 11.6. The van der Waals surface area contributed by atoms with Gasteiger partial charge in [-0.3, -0.25) is 4.79 Å². The molecule has 0 radical (unpaired) electrons. The highest BCUT2D eigenvalue weighted by Crippen LogP contribution is 2.20. The van der Waals surface area contributed by atoms with Gasteiger partial charge in [0.25, 0.3) is 5.91 Å². The number of amides is 1. The summed E-state index contributed by atoms with van der Waals surface area (Å²) in [7, 11) is -3.36. The van der Waals surface area contributed by atoms with Gasteiger partial charge >= 0.3 is 0 Å². The number of carbonyl (C=O) groups is 1. The highest BCUT2D eigenvalue weighted by atomic mass is 32.2. The van der Waals surface area contributed by atoms with Gasteiger partial charge in [-0.05, 0) is 43.7 Å². The molecular formula is C17H19NO4S. The first kappa shape index (κ1) is 17.0. The third-order valence-corrected chi connectivity index (χ3v) is 4.39. The summed E-state index contributed by atoms with van der Waals surface area (Å²) in [4.78, 5) is 12.6. The van der Waals surface area contributed by atoms with Gasteiger partial charge in [-0.1, -0.05) is 12.1 Å². The third-order valence-electron chi connectivity index (χ3n) is 3.28. The third kappa shape index (κ3) is 4.32. The van der Waals surface area contributed by atoms with E-state index in [-0.39, 0.29) is 10.8 Å². The number of rotatable bonds is 5. The molecule has 0 atom stereocenters. The number of sulfone groups is 1. The van der Waals surface area contributed by atoms with E-state index in [2.05, 4.69) is 5.32 Å².